The summed E-state index contributed by atoms with van der Waals surface area (Å²) in [4.78, 5) is 20.3. The van der Waals surface area contributed by atoms with E-state index in [1.807, 2.05) is 24.3 Å². The van der Waals surface area contributed by atoms with Crippen LogP contribution in [0.1, 0.15) is 41.0 Å². The lowest BCUT2D eigenvalue weighted by Crippen LogP contribution is -2.46. The molecule has 0 unspecified atom stereocenters. The van der Waals surface area contributed by atoms with E-state index in [-0.39, 0.29) is 11.6 Å². The van der Waals surface area contributed by atoms with E-state index >= 15 is 0 Å². The van der Waals surface area contributed by atoms with Crippen LogP contribution in [0.2, 0.25) is 0 Å². The van der Waals surface area contributed by atoms with Crippen LogP contribution in [-0.4, -0.2) is 45.8 Å². The van der Waals surface area contributed by atoms with Crippen molar-refractivity contribution in [2.75, 3.05) is 25.0 Å². The number of hydrogen-bond acceptors (Lipinski definition) is 7. The van der Waals surface area contributed by atoms with Crippen molar-refractivity contribution >= 4 is 11.6 Å². The lowest BCUT2D eigenvalue weighted by Gasteiger charge is -2.37. The van der Waals surface area contributed by atoms with Gasteiger partial charge < -0.3 is 21.1 Å². The number of aromatic amines is 1. The van der Waals surface area contributed by atoms with Crippen molar-refractivity contribution in [2.45, 2.75) is 31.2 Å². The number of amides is 1. The minimum absolute atomic E-state index is 0.0984. The number of ether oxygens (including phenoxy) is 1. The third kappa shape index (κ3) is 5.88. The highest BCUT2D eigenvalue weighted by Gasteiger charge is 2.37. The molecule has 9 nitrogen and oxygen atoms in total. The Bertz CT molecular complexity index is 1410. The van der Waals surface area contributed by atoms with Gasteiger partial charge in [-0.25, -0.2) is 13.8 Å². The molecular formula is C28H29F2N7O2. The van der Waals surface area contributed by atoms with Gasteiger partial charge in [-0.3, -0.25) is 14.9 Å². The fourth-order valence-electron chi connectivity index (χ4n) is 4.79. The first kappa shape index (κ1) is 26.2. The number of fused-ring (bicyclic) bond motifs is 1. The Morgan fingerprint density at radius 1 is 1.05 bits per heavy atom. The number of benzene rings is 2. The number of anilines is 1. The van der Waals surface area contributed by atoms with Gasteiger partial charge in [-0.1, -0.05) is 6.07 Å². The Morgan fingerprint density at radius 2 is 1.82 bits per heavy atom. The third-order valence-electron chi connectivity index (χ3n) is 6.84. The molecule has 2 aromatic carbocycles. The standard InChI is InChI=1S/C19H21N7O.C9H8F2O/c20-16(27)14-2-1-3-15(12-14)24-19(6-10-22-11-7-19)18-23-17(25-26-18)13-4-8-21-9-5-13;10-7-3-4-8(11)9-6(7)2-1-5-12-9/h1-5,8-9,12,22,24H,6-7,10-11H2,(H2,20,27)(H,23,25,26);3-4H,1-2,5H2. The molecule has 0 saturated carbocycles. The normalized spacial score (nSPS) is 15.7. The predicted octanol–water partition coefficient (Wildman–Crippen LogP) is 3.95. The molecule has 2 aliphatic rings. The van der Waals surface area contributed by atoms with Crippen LogP contribution in [0.4, 0.5) is 14.5 Å². The summed E-state index contributed by atoms with van der Waals surface area (Å²) in [5.74, 6) is 0.231. The number of rotatable bonds is 5. The maximum atomic E-state index is 13.0. The van der Waals surface area contributed by atoms with Crippen LogP contribution in [0.25, 0.3) is 11.4 Å². The van der Waals surface area contributed by atoms with E-state index in [4.69, 9.17) is 15.5 Å². The van der Waals surface area contributed by atoms with E-state index in [9.17, 15) is 13.6 Å². The van der Waals surface area contributed by atoms with E-state index in [0.29, 0.717) is 30.0 Å². The Balaban J connectivity index is 0.000000214. The number of primary amides is 1. The number of halogens is 2. The van der Waals surface area contributed by atoms with Crippen LogP contribution < -0.4 is 21.1 Å². The molecule has 1 saturated heterocycles. The smallest absolute Gasteiger partial charge is 0.248 e. The van der Waals surface area contributed by atoms with Crippen LogP contribution in [0, 0.1) is 11.6 Å². The van der Waals surface area contributed by atoms with Crippen LogP contribution in [0.5, 0.6) is 5.75 Å². The molecule has 2 aliphatic heterocycles. The molecule has 2 aromatic heterocycles. The monoisotopic (exact) mass is 533 g/mol. The van der Waals surface area contributed by atoms with Gasteiger partial charge in [0.2, 0.25) is 5.91 Å². The molecule has 4 aromatic rings. The topological polar surface area (TPSA) is 131 Å². The van der Waals surface area contributed by atoms with E-state index in [1.54, 1.807) is 24.5 Å². The van der Waals surface area contributed by atoms with Gasteiger partial charge in [0.05, 0.1) is 12.1 Å². The van der Waals surface area contributed by atoms with E-state index in [0.717, 1.165) is 61.6 Å². The quantitative estimate of drug-likeness (QED) is 0.306. The minimum Gasteiger partial charge on any atom is -0.490 e. The van der Waals surface area contributed by atoms with Crippen molar-refractivity contribution in [3.63, 3.8) is 0 Å². The second-order valence-corrected chi connectivity index (χ2v) is 9.43. The number of nitrogens with two attached hydrogens (primary N) is 1. The highest BCUT2D eigenvalue weighted by atomic mass is 19.1. The molecule has 0 aliphatic carbocycles. The van der Waals surface area contributed by atoms with Gasteiger partial charge in [0.15, 0.2) is 23.2 Å². The van der Waals surface area contributed by atoms with E-state index < -0.39 is 17.3 Å². The predicted molar refractivity (Wildman–Crippen MR) is 142 cm³/mol. The van der Waals surface area contributed by atoms with Crippen LogP contribution in [0.3, 0.4) is 0 Å². The van der Waals surface area contributed by atoms with Crippen molar-refractivity contribution in [1.82, 2.24) is 25.5 Å². The van der Waals surface area contributed by atoms with Gasteiger partial charge in [-0.05, 0) is 81.2 Å². The summed E-state index contributed by atoms with van der Waals surface area (Å²) in [6.07, 6.45) is 6.43. The molecule has 202 valence electrons. The maximum absolute atomic E-state index is 13.0. The third-order valence-corrected chi connectivity index (χ3v) is 6.84. The second kappa shape index (κ2) is 11.6. The zero-order valence-electron chi connectivity index (χ0n) is 21.2. The van der Waals surface area contributed by atoms with Gasteiger partial charge in [0.1, 0.15) is 5.82 Å². The Hall–Kier alpha value is -4.38. The Labute approximate surface area is 224 Å². The van der Waals surface area contributed by atoms with Crippen molar-refractivity contribution in [2.24, 2.45) is 5.73 Å². The molecule has 4 heterocycles. The summed E-state index contributed by atoms with van der Waals surface area (Å²) in [5.41, 5.74) is 7.60. The highest BCUT2D eigenvalue weighted by Crippen LogP contribution is 2.34. The molecule has 1 amide bonds. The lowest BCUT2D eigenvalue weighted by atomic mass is 9.87. The first-order valence-corrected chi connectivity index (χ1v) is 12.8. The second-order valence-electron chi connectivity index (χ2n) is 9.43. The zero-order chi connectivity index (χ0) is 27.2. The number of nitrogens with zero attached hydrogens (tertiary/aromatic N) is 3. The van der Waals surface area contributed by atoms with Crippen molar-refractivity contribution in [3.8, 4) is 17.1 Å². The van der Waals surface area contributed by atoms with Crippen molar-refractivity contribution in [3.05, 3.63) is 89.5 Å². The summed E-state index contributed by atoms with van der Waals surface area (Å²) < 4.78 is 31.0. The lowest BCUT2D eigenvalue weighted by molar-refractivity contribution is 0.1000. The largest absolute Gasteiger partial charge is 0.490 e. The summed E-state index contributed by atoms with van der Waals surface area (Å²) in [7, 11) is 0. The van der Waals surface area contributed by atoms with Gasteiger partial charge in [0.25, 0.3) is 0 Å². The fraction of sp³-hybridized carbons (Fsp3) is 0.286. The number of aromatic nitrogens is 4. The number of carbonyl (C=O) groups is 1. The van der Waals surface area contributed by atoms with Crippen molar-refractivity contribution < 1.29 is 18.3 Å². The summed E-state index contributed by atoms with van der Waals surface area (Å²) >= 11 is 0. The van der Waals surface area contributed by atoms with Crippen molar-refractivity contribution in [1.29, 1.82) is 0 Å². The van der Waals surface area contributed by atoms with E-state index in [1.165, 1.54) is 0 Å². The molecule has 0 bridgehead atoms. The van der Waals surface area contributed by atoms with Gasteiger partial charge in [-0.15, -0.1) is 0 Å². The number of hydrogen-bond donors (Lipinski definition) is 4. The molecular weight excluding hydrogens is 504 g/mol. The number of H-pyrrole nitrogens is 1. The van der Waals surface area contributed by atoms with Crippen LogP contribution in [0.15, 0.2) is 60.9 Å². The fourth-order valence-corrected chi connectivity index (χ4v) is 4.79. The number of carbonyl (C=O) groups excluding carboxylic acids is 1. The Kier molecular flexibility index (Phi) is 7.78. The highest BCUT2D eigenvalue weighted by molar-refractivity contribution is 5.93. The first-order valence-electron chi connectivity index (χ1n) is 12.8. The number of piperidine rings is 1. The van der Waals surface area contributed by atoms with Gasteiger partial charge in [0, 0.05) is 34.8 Å². The summed E-state index contributed by atoms with van der Waals surface area (Å²) in [6, 6.07) is 13.2. The van der Waals surface area contributed by atoms with Crippen LogP contribution in [-0.2, 0) is 12.0 Å². The Morgan fingerprint density at radius 3 is 2.56 bits per heavy atom. The summed E-state index contributed by atoms with van der Waals surface area (Å²) in [5, 5.41) is 14.5. The van der Waals surface area contributed by atoms with Crippen LogP contribution >= 0.6 is 0 Å². The molecule has 1 fully saturated rings. The summed E-state index contributed by atoms with van der Waals surface area (Å²) in [6.45, 7) is 2.19. The molecule has 39 heavy (non-hydrogen) atoms. The van der Waals surface area contributed by atoms with E-state index in [2.05, 4.69) is 25.8 Å². The number of nitrogens with one attached hydrogen (secondary N) is 3. The average Bonchev–Trinajstić information content (AvgIpc) is 3.48. The molecule has 11 heteroatoms. The molecule has 0 spiro atoms. The molecule has 6 rings (SSSR count). The first-order chi connectivity index (χ1) is 18.9. The molecule has 0 atom stereocenters. The zero-order valence-corrected chi connectivity index (χ0v) is 21.2. The molecule has 0 radical (unpaired) electrons. The molecule has 5 N–H and O–H groups in total. The van der Waals surface area contributed by atoms with Gasteiger partial charge >= 0.3 is 0 Å². The SMILES string of the molecule is Fc1ccc(F)c2c1CCCO2.NC(=O)c1cccc(NC2(c3nc(-c4ccncc4)n[nH]3)CCNCC2)c1. The maximum Gasteiger partial charge on any atom is 0.248 e. The number of pyridine rings is 1. The van der Waals surface area contributed by atoms with Gasteiger partial charge in [-0.2, -0.15) is 5.10 Å². The minimum atomic E-state index is -0.467. The average molecular weight is 534 g/mol.